The molecule has 0 saturated carbocycles. The summed E-state index contributed by atoms with van der Waals surface area (Å²) in [4.78, 5) is 0. The van der Waals surface area contributed by atoms with Crippen molar-refractivity contribution in [3.05, 3.63) is 48.6 Å². The molecule has 1 N–H and O–H groups in total. The zero-order valence-electron chi connectivity index (χ0n) is 9.35. The van der Waals surface area contributed by atoms with Gasteiger partial charge in [-0.3, -0.25) is 0 Å². The number of hydrogen-bond donors (Lipinski definition) is 1. The number of aliphatic hydroxyl groups excluding tert-OH is 1. The smallest absolute Gasteiger partial charge is 0.0481 e. The van der Waals surface area contributed by atoms with Gasteiger partial charge in [-0.05, 0) is 0 Å². The van der Waals surface area contributed by atoms with Gasteiger partial charge in [0.05, 0.1) is 0 Å². The lowest BCUT2D eigenvalue weighted by molar-refractivity contribution is 0.106. The quantitative estimate of drug-likeness (QED) is 0.746. The lowest BCUT2D eigenvalue weighted by Crippen LogP contribution is -2.37. The standard InChI is InChI=1S/C14H18O/c1-13(7-3-4-8-13)12(11-15)14(2)9-5-6-10-14/h3-10,12,15H,11H2,1-2H3. The molecule has 0 aliphatic heterocycles. The topological polar surface area (TPSA) is 20.2 Å². The van der Waals surface area contributed by atoms with Gasteiger partial charge in [-0.15, -0.1) is 0 Å². The monoisotopic (exact) mass is 202 g/mol. The molecule has 0 saturated heterocycles. The molecule has 0 aromatic carbocycles. The molecule has 0 aromatic rings. The second kappa shape index (κ2) is 3.49. The Morgan fingerprint density at radius 2 is 1.20 bits per heavy atom. The fourth-order valence-corrected chi connectivity index (χ4v) is 2.69. The van der Waals surface area contributed by atoms with E-state index in [0.717, 1.165) is 0 Å². The Morgan fingerprint density at radius 3 is 1.47 bits per heavy atom. The van der Waals surface area contributed by atoms with Crippen LogP contribution in [0.3, 0.4) is 0 Å². The number of rotatable bonds is 3. The fraction of sp³-hybridized carbons (Fsp3) is 0.429. The molecule has 2 aliphatic carbocycles. The molecular weight excluding hydrogens is 184 g/mol. The first kappa shape index (κ1) is 10.4. The van der Waals surface area contributed by atoms with E-state index >= 15 is 0 Å². The van der Waals surface area contributed by atoms with Gasteiger partial charge in [-0.2, -0.15) is 0 Å². The summed E-state index contributed by atoms with van der Waals surface area (Å²) in [7, 11) is 0. The molecule has 0 radical (unpaired) electrons. The average Bonchev–Trinajstić information content (AvgIpc) is 2.77. The summed E-state index contributed by atoms with van der Waals surface area (Å²) in [5, 5.41) is 9.64. The lowest BCUT2D eigenvalue weighted by Gasteiger charge is -2.39. The van der Waals surface area contributed by atoms with Gasteiger partial charge in [0.15, 0.2) is 0 Å². The minimum Gasteiger partial charge on any atom is -0.396 e. The van der Waals surface area contributed by atoms with Crippen LogP contribution in [0.1, 0.15) is 13.8 Å². The maximum atomic E-state index is 9.64. The maximum Gasteiger partial charge on any atom is 0.0481 e. The summed E-state index contributed by atoms with van der Waals surface area (Å²) < 4.78 is 0. The highest BCUT2D eigenvalue weighted by molar-refractivity contribution is 5.32. The van der Waals surface area contributed by atoms with E-state index in [2.05, 4.69) is 62.5 Å². The van der Waals surface area contributed by atoms with E-state index in [4.69, 9.17) is 0 Å². The number of allylic oxidation sites excluding steroid dienone is 8. The fourth-order valence-electron chi connectivity index (χ4n) is 2.69. The first-order valence-electron chi connectivity index (χ1n) is 5.46. The van der Waals surface area contributed by atoms with Crippen LogP contribution in [0.25, 0.3) is 0 Å². The van der Waals surface area contributed by atoms with Gasteiger partial charge in [0.2, 0.25) is 0 Å². The SMILES string of the molecule is CC1(C(CO)C2(C)C=CC=C2)C=CC=C1. The third kappa shape index (κ3) is 1.61. The Morgan fingerprint density at radius 1 is 0.867 bits per heavy atom. The van der Waals surface area contributed by atoms with Gasteiger partial charge < -0.3 is 5.11 Å². The molecule has 0 amide bonds. The summed E-state index contributed by atoms with van der Waals surface area (Å²) in [6.45, 7) is 4.56. The van der Waals surface area contributed by atoms with Crippen molar-refractivity contribution in [2.45, 2.75) is 13.8 Å². The van der Waals surface area contributed by atoms with Gasteiger partial charge in [-0.1, -0.05) is 62.5 Å². The van der Waals surface area contributed by atoms with E-state index in [0.29, 0.717) is 0 Å². The van der Waals surface area contributed by atoms with Crippen molar-refractivity contribution >= 4 is 0 Å². The average molecular weight is 202 g/mol. The van der Waals surface area contributed by atoms with Crippen molar-refractivity contribution < 1.29 is 5.11 Å². The molecule has 15 heavy (non-hydrogen) atoms. The molecule has 2 aliphatic rings. The second-order valence-electron chi connectivity index (χ2n) is 4.90. The molecule has 0 bridgehead atoms. The molecule has 0 fully saturated rings. The van der Waals surface area contributed by atoms with Gasteiger partial charge in [0.25, 0.3) is 0 Å². The van der Waals surface area contributed by atoms with Crippen LogP contribution in [0.5, 0.6) is 0 Å². The van der Waals surface area contributed by atoms with Gasteiger partial charge in [0, 0.05) is 23.4 Å². The van der Waals surface area contributed by atoms with Crippen LogP contribution in [0.15, 0.2) is 48.6 Å². The molecule has 0 aromatic heterocycles. The minimum atomic E-state index is -0.0253. The highest BCUT2D eigenvalue weighted by atomic mass is 16.3. The van der Waals surface area contributed by atoms with E-state index < -0.39 is 0 Å². The van der Waals surface area contributed by atoms with Crippen molar-refractivity contribution in [1.29, 1.82) is 0 Å². The van der Waals surface area contributed by atoms with Gasteiger partial charge in [-0.25, -0.2) is 0 Å². The van der Waals surface area contributed by atoms with Crippen LogP contribution in [0.2, 0.25) is 0 Å². The zero-order valence-corrected chi connectivity index (χ0v) is 9.35. The first-order chi connectivity index (χ1) is 7.11. The van der Waals surface area contributed by atoms with Gasteiger partial charge >= 0.3 is 0 Å². The van der Waals surface area contributed by atoms with Crippen molar-refractivity contribution in [1.82, 2.24) is 0 Å². The number of aliphatic hydroxyl groups is 1. The van der Waals surface area contributed by atoms with Crippen LogP contribution in [0, 0.1) is 16.7 Å². The molecular formula is C14H18O. The van der Waals surface area contributed by atoms with Gasteiger partial charge in [0.1, 0.15) is 0 Å². The zero-order chi connectivity index (χ0) is 10.9. The molecule has 0 atom stereocenters. The van der Waals surface area contributed by atoms with E-state index in [-0.39, 0.29) is 23.4 Å². The van der Waals surface area contributed by atoms with E-state index in [1.165, 1.54) is 0 Å². The minimum absolute atomic E-state index is 0.0253. The molecule has 80 valence electrons. The highest BCUT2D eigenvalue weighted by Gasteiger charge is 2.41. The van der Waals surface area contributed by atoms with E-state index in [1.54, 1.807) is 0 Å². The molecule has 0 spiro atoms. The van der Waals surface area contributed by atoms with Crippen LogP contribution in [-0.4, -0.2) is 11.7 Å². The summed E-state index contributed by atoms with van der Waals surface area (Å²) >= 11 is 0. The van der Waals surface area contributed by atoms with Crippen molar-refractivity contribution in [3.8, 4) is 0 Å². The Kier molecular flexibility index (Phi) is 2.43. The summed E-state index contributed by atoms with van der Waals surface area (Å²) in [5.74, 6) is 0.204. The number of hydrogen-bond acceptors (Lipinski definition) is 1. The van der Waals surface area contributed by atoms with Crippen molar-refractivity contribution in [2.75, 3.05) is 6.61 Å². The van der Waals surface area contributed by atoms with Crippen molar-refractivity contribution in [3.63, 3.8) is 0 Å². The van der Waals surface area contributed by atoms with E-state index in [9.17, 15) is 5.11 Å². The van der Waals surface area contributed by atoms with E-state index in [1.807, 2.05) is 0 Å². The predicted octanol–water partition coefficient (Wildman–Crippen LogP) is 2.86. The molecule has 0 unspecified atom stereocenters. The molecule has 1 heteroatoms. The Bertz CT molecular complexity index is 300. The third-order valence-electron chi connectivity index (χ3n) is 3.73. The lowest BCUT2D eigenvalue weighted by atomic mass is 9.64. The normalized spacial score (nSPS) is 24.5. The largest absolute Gasteiger partial charge is 0.396 e. The van der Waals surface area contributed by atoms with Crippen LogP contribution < -0.4 is 0 Å². The molecule has 1 nitrogen and oxygen atoms in total. The van der Waals surface area contributed by atoms with Crippen LogP contribution in [-0.2, 0) is 0 Å². The summed E-state index contributed by atoms with van der Waals surface area (Å²) in [6, 6.07) is 0. The highest BCUT2D eigenvalue weighted by Crippen LogP contribution is 2.47. The Hall–Kier alpha value is -1.08. The Labute approximate surface area is 91.5 Å². The predicted molar refractivity (Wildman–Crippen MR) is 63.3 cm³/mol. The van der Waals surface area contributed by atoms with Crippen molar-refractivity contribution in [2.24, 2.45) is 16.7 Å². The summed E-state index contributed by atoms with van der Waals surface area (Å²) in [6.07, 6.45) is 17.0. The molecule has 0 heterocycles. The maximum absolute atomic E-state index is 9.64. The van der Waals surface area contributed by atoms with Crippen LogP contribution in [0.4, 0.5) is 0 Å². The Balaban J connectivity index is 2.32. The molecule has 2 rings (SSSR count). The first-order valence-corrected chi connectivity index (χ1v) is 5.46. The second-order valence-corrected chi connectivity index (χ2v) is 4.90. The summed E-state index contributed by atoms with van der Waals surface area (Å²) in [5.41, 5.74) is -0.0506. The third-order valence-corrected chi connectivity index (χ3v) is 3.73. The van der Waals surface area contributed by atoms with Crippen LogP contribution >= 0.6 is 0 Å².